The van der Waals surface area contributed by atoms with Gasteiger partial charge in [0, 0.05) is 57.6 Å². The molecule has 0 atom stereocenters. The van der Waals surface area contributed by atoms with Crippen LogP contribution in [0.2, 0.25) is 0 Å². The minimum absolute atomic E-state index is 0.488. The molecule has 8 nitrogen and oxygen atoms in total. The van der Waals surface area contributed by atoms with E-state index in [4.69, 9.17) is 10.00 Å². The van der Waals surface area contributed by atoms with Gasteiger partial charge in [0.05, 0.1) is 24.5 Å². The minimum Gasteiger partial charge on any atom is -0.378 e. The van der Waals surface area contributed by atoms with Gasteiger partial charge in [-0.05, 0) is 31.9 Å². The zero-order chi connectivity index (χ0) is 20.2. The normalized spacial score (nSPS) is 18.1. The Morgan fingerprint density at radius 3 is 2.59 bits per heavy atom. The largest absolute Gasteiger partial charge is 0.378 e. The molecule has 0 aromatic carbocycles. The van der Waals surface area contributed by atoms with Crippen molar-refractivity contribution in [2.45, 2.75) is 32.4 Å². The molecule has 0 spiro atoms. The second-order valence-electron chi connectivity index (χ2n) is 7.77. The minimum atomic E-state index is 0.488. The third-order valence-electron chi connectivity index (χ3n) is 5.89. The second-order valence-corrected chi connectivity index (χ2v) is 7.77. The maximum atomic E-state index is 8.92. The van der Waals surface area contributed by atoms with Crippen LogP contribution >= 0.6 is 0 Å². The number of hydrogen-bond acceptors (Lipinski definition) is 7. The number of hydrogen-bond donors (Lipinski definition) is 1. The summed E-state index contributed by atoms with van der Waals surface area (Å²) in [6.45, 7) is 8.27. The lowest BCUT2D eigenvalue weighted by molar-refractivity contribution is 0.122. The van der Waals surface area contributed by atoms with Crippen LogP contribution in [-0.4, -0.2) is 60.2 Å². The summed E-state index contributed by atoms with van der Waals surface area (Å²) >= 11 is 0. The predicted molar refractivity (Wildman–Crippen MR) is 112 cm³/mol. The number of morpholine rings is 1. The number of anilines is 2. The molecule has 8 heteroatoms. The summed E-state index contributed by atoms with van der Waals surface area (Å²) in [5.74, 6) is 2.18. The Hall–Kier alpha value is -2.63. The van der Waals surface area contributed by atoms with Crippen molar-refractivity contribution in [2.24, 2.45) is 7.05 Å². The molecule has 0 unspecified atom stereocenters. The molecule has 2 aliphatic heterocycles. The van der Waals surface area contributed by atoms with E-state index in [0.29, 0.717) is 11.6 Å². The molecule has 0 amide bonds. The van der Waals surface area contributed by atoms with Gasteiger partial charge in [0.15, 0.2) is 0 Å². The van der Waals surface area contributed by atoms with Crippen molar-refractivity contribution < 1.29 is 4.74 Å². The van der Waals surface area contributed by atoms with Crippen molar-refractivity contribution in [2.75, 3.05) is 49.2 Å². The number of ether oxygens (including phenoxy) is 1. The number of aromatic nitrogens is 3. The maximum Gasteiger partial charge on any atom is 0.131 e. The van der Waals surface area contributed by atoms with Gasteiger partial charge in [-0.25, -0.2) is 4.98 Å². The third kappa shape index (κ3) is 4.36. The molecule has 4 heterocycles. The Balaban J connectivity index is 1.34. The van der Waals surface area contributed by atoms with Crippen LogP contribution < -0.4 is 15.1 Å². The van der Waals surface area contributed by atoms with Crippen molar-refractivity contribution in [3.05, 3.63) is 35.2 Å². The number of nitrogens with one attached hydrogen (secondary N) is 1. The fraction of sp³-hybridized carbons (Fsp3) is 0.571. The van der Waals surface area contributed by atoms with Gasteiger partial charge in [-0.2, -0.15) is 10.4 Å². The van der Waals surface area contributed by atoms with Crippen LogP contribution in [0, 0.1) is 18.3 Å². The standard InChI is InChI=1S/C21H29N7O/c1-16-19(21(26(2)25-16)28-9-11-29-12-10-28)15-23-18-5-7-27(8-6-18)20-4-3-17(13-22)14-24-20/h3-4,14,18,23H,5-12,15H2,1-2H3. The monoisotopic (exact) mass is 395 g/mol. The quantitative estimate of drug-likeness (QED) is 0.823. The van der Waals surface area contributed by atoms with Crippen LogP contribution in [-0.2, 0) is 18.3 Å². The van der Waals surface area contributed by atoms with Gasteiger partial charge < -0.3 is 19.9 Å². The smallest absolute Gasteiger partial charge is 0.131 e. The number of aryl methyl sites for hydroxylation is 2. The molecule has 4 rings (SSSR count). The second kappa shape index (κ2) is 8.80. The summed E-state index contributed by atoms with van der Waals surface area (Å²) in [5.41, 5.74) is 3.00. The Morgan fingerprint density at radius 2 is 1.93 bits per heavy atom. The molecule has 0 saturated carbocycles. The molecule has 0 radical (unpaired) electrons. The van der Waals surface area contributed by atoms with Crippen LogP contribution in [0.15, 0.2) is 18.3 Å². The number of pyridine rings is 1. The Labute approximate surface area is 172 Å². The molecular formula is C21H29N7O. The number of piperidine rings is 1. The van der Waals surface area contributed by atoms with Gasteiger partial charge in [0.25, 0.3) is 0 Å². The van der Waals surface area contributed by atoms with Gasteiger partial charge in [-0.1, -0.05) is 0 Å². The van der Waals surface area contributed by atoms with Gasteiger partial charge in [0.2, 0.25) is 0 Å². The highest BCUT2D eigenvalue weighted by Gasteiger charge is 2.24. The maximum absolute atomic E-state index is 8.92. The highest BCUT2D eigenvalue weighted by atomic mass is 16.5. The molecule has 0 aliphatic carbocycles. The van der Waals surface area contributed by atoms with Gasteiger partial charge in [-0.15, -0.1) is 0 Å². The first-order chi connectivity index (χ1) is 14.2. The van der Waals surface area contributed by atoms with Crippen LogP contribution in [0.5, 0.6) is 0 Å². The summed E-state index contributed by atoms with van der Waals surface area (Å²) < 4.78 is 7.52. The van der Waals surface area contributed by atoms with Crippen molar-refractivity contribution in [3.8, 4) is 6.07 Å². The topological polar surface area (TPSA) is 82.2 Å². The average molecular weight is 396 g/mol. The number of rotatable bonds is 5. The highest BCUT2D eigenvalue weighted by Crippen LogP contribution is 2.25. The first-order valence-corrected chi connectivity index (χ1v) is 10.4. The first kappa shape index (κ1) is 19.7. The molecule has 0 bridgehead atoms. The van der Waals surface area contributed by atoms with Crippen molar-refractivity contribution in [3.63, 3.8) is 0 Å². The van der Waals surface area contributed by atoms with Crippen LogP contribution in [0.1, 0.15) is 29.7 Å². The Bertz CT molecular complexity index is 856. The van der Waals surface area contributed by atoms with Crippen molar-refractivity contribution >= 4 is 11.6 Å². The molecule has 2 fully saturated rings. The average Bonchev–Trinajstić information content (AvgIpc) is 3.06. The molecule has 29 heavy (non-hydrogen) atoms. The zero-order valence-corrected chi connectivity index (χ0v) is 17.3. The van der Waals surface area contributed by atoms with E-state index in [2.05, 4.69) is 38.2 Å². The lowest BCUT2D eigenvalue weighted by atomic mass is 10.0. The molecule has 2 saturated heterocycles. The van der Waals surface area contributed by atoms with E-state index in [1.165, 1.54) is 11.4 Å². The summed E-state index contributed by atoms with van der Waals surface area (Å²) in [6.07, 6.45) is 3.81. The van der Waals surface area contributed by atoms with Crippen LogP contribution in [0.4, 0.5) is 11.6 Å². The van der Waals surface area contributed by atoms with E-state index in [1.54, 1.807) is 6.20 Å². The van der Waals surface area contributed by atoms with E-state index in [9.17, 15) is 0 Å². The lowest BCUT2D eigenvalue weighted by Gasteiger charge is -2.34. The van der Waals surface area contributed by atoms with Crippen molar-refractivity contribution in [1.82, 2.24) is 20.1 Å². The van der Waals surface area contributed by atoms with Crippen LogP contribution in [0.25, 0.3) is 0 Å². The fourth-order valence-electron chi connectivity index (χ4n) is 4.27. The van der Waals surface area contributed by atoms with Gasteiger partial charge in [-0.3, -0.25) is 4.68 Å². The predicted octanol–water partition coefficient (Wildman–Crippen LogP) is 1.59. The van der Waals surface area contributed by atoms with Crippen LogP contribution in [0.3, 0.4) is 0 Å². The summed E-state index contributed by atoms with van der Waals surface area (Å²) in [7, 11) is 2.03. The molecular weight excluding hydrogens is 366 g/mol. The summed E-state index contributed by atoms with van der Waals surface area (Å²) in [6, 6.07) is 6.39. The van der Waals surface area contributed by atoms with Gasteiger partial charge >= 0.3 is 0 Å². The van der Waals surface area contributed by atoms with E-state index in [0.717, 1.165) is 70.3 Å². The first-order valence-electron chi connectivity index (χ1n) is 10.4. The highest BCUT2D eigenvalue weighted by molar-refractivity contribution is 5.50. The molecule has 2 aromatic rings. The third-order valence-corrected chi connectivity index (χ3v) is 5.89. The Kier molecular flexibility index (Phi) is 5.97. The van der Waals surface area contributed by atoms with E-state index in [-0.39, 0.29) is 0 Å². The number of nitriles is 1. The fourth-order valence-corrected chi connectivity index (χ4v) is 4.27. The SMILES string of the molecule is Cc1nn(C)c(N2CCOCC2)c1CNC1CCN(c2ccc(C#N)cn2)CC1. The van der Waals surface area contributed by atoms with Crippen molar-refractivity contribution in [1.29, 1.82) is 5.26 Å². The van der Waals surface area contributed by atoms with E-state index >= 15 is 0 Å². The lowest BCUT2D eigenvalue weighted by Crippen LogP contribution is -2.43. The molecule has 2 aromatic heterocycles. The summed E-state index contributed by atoms with van der Waals surface area (Å²) in [5, 5.41) is 17.4. The van der Waals surface area contributed by atoms with E-state index < -0.39 is 0 Å². The van der Waals surface area contributed by atoms with Gasteiger partial charge in [0.1, 0.15) is 17.7 Å². The molecule has 2 aliphatic rings. The summed E-state index contributed by atoms with van der Waals surface area (Å²) in [4.78, 5) is 9.11. The number of nitrogens with zero attached hydrogens (tertiary/aromatic N) is 6. The zero-order valence-electron chi connectivity index (χ0n) is 17.3. The molecule has 1 N–H and O–H groups in total. The van der Waals surface area contributed by atoms with E-state index in [1.807, 2.05) is 23.9 Å². The molecule has 154 valence electrons. The Morgan fingerprint density at radius 1 is 1.17 bits per heavy atom.